The minimum atomic E-state index is -3.69. The summed E-state index contributed by atoms with van der Waals surface area (Å²) in [6.45, 7) is 4.48. The van der Waals surface area contributed by atoms with Crippen LogP contribution in [0.5, 0.6) is 0 Å². The van der Waals surface area contributed by atoms with E-state index in [-0.39, 0.29) is 23.5 Å². The van der Waals surface area contributed by atoms with E-state index in [1.54, 1.807) is 28.4 Å². The summed E-state index contributed by atoms with van der Waals surface area (Å²) in [5.41, 5.74) is 0.387. The zero-order valence-electron chi connectivity index (χ0n) is 17.1. The van der Waals surface area contributed by atoms with E-state index < -0.39 is 10.0 Å². The summed E-state index contributed by atoms with van der Waals surface area (Å²) < 4.78 is 34.2. The molecular weight excluding hydrogens is 458 g/mol. The molecule has 0 aliphatic carbocycles. The Bertz CT molecular complexity index is 1010. The summed E-state index contributed by atoms with van der Waals surface area (Å²) in [4.78, 5) is 18.4. The minimum Gasteiger partial charge on any atom is -0.377 e. The van der Waals surface area contributed by atoms with Crippen LogP contribution in [0, 0.1) is 0 Å². The molecule has 0 spiro atoms. The van der Waals surface area contributed by atoms with E-state index >= 15 is 0 Å². The summed E-state index contributed by atoms with van der Waals surface area (Å²) in [5.74, 6) is -0.144. The third-order valence-electron chi connectivity index (χ3n) is 5.58. The average molecular weight is 484 g/mol. The van der Waals surface area contributed by atoms with Gasteiger partial charge in [-0.15, -0.1) is 11.3 Å². The molecule has 10 heteroatoms. The van der Waals surface area contributed by atoms with E-state index in [1.165, 1.54) is 17.0 Å². The van der Waals surface area contributed by atoms with Crippen molar-refractivity contribution in [1.82, 2.24) is 14.5 Å². The number of thiophene rings is 1. The van der Waals surface area contributed by atoms with Gasteiger partial charge in [-0.25, -0.2) is 13.1 Å². The summed E-state index contributed by atoms with van der Waals surface area (Å²) in [6.07, 6.45) is 1.72. The molecule has 1 atom stereocenters. The number of benzene rings is 1. The smallest absolute Gasteiger partial charge is 0.253 e. The predicted molar refractivity (Wildman–Crippen MR) is 121 cm³/mol. The highest BCUT2D eigenvalue weighted by Crippen LogP contribution is 2.23. The molecule has 1 aromatic carbocycles. The number of amides is 1. The van der Waals surface area contributed by atoms with Crippen LogP contribution in [0.1, 0.15) is 28.1 Å². The largest absolute Gasteiger partial charge is 0.377 e. The number of nitrogens with one attached hydrogen (secondary N) is 1. The van der Waals surface area contributed by atoms with Gasteiger partial charge in [0.2, 0.25) is 10.0 Å². The van der Waals surface area contributed by atoms with E-state index in [2.05, 4.69) is 9.62 Å². The second kappa shape index (κ2) is 9.97. The molecule has 0 bridgehead atoms. The highest BCUT2D eigenvalue weighted by atomic mass is 35.5. The molecule has 168 valence electrons. The maximum atomic E-state index is 13.0. The molecule has 3 heterocycles. The topological polar surface area (TPSA) is 78.9 Å². The first-order valence-corrected chi connectivity index (χ1v) is 13.1. The fourth-order valence-corrected chi connectivity index (χ4v) is 6.08. The van der Waals surface area contributed by atoms with Gasteiger partial charge in [0.25, 0.3) is 5.91 Å². The van der Waals surface area contributed by atoms with Crippen molar-refractivity contribution in [1.29, 1.82) is 0 Å². The Balaban J connectivity index is 1.34. The molecule has 0 saturated carbocycles. The van der Waals surface area contributed by atoms with Crippen molar-refractivity contribution in [3.05, 3.63) is 51.2 Å². The molecule has 1 unspecified atom stereocenters. The third-order valence-corrected chi connectivity index (χ3v) is 8.22. The second-order valence-electron chi connectivity index (χ2n) is 7.79. The Hall–Kier alpha value is -1.49. The molecule has 4 rings (SSSR count). The summed E-state index contributed by atoms with van der Waals surface area (Å²) in [6, 6.07) is 10.2. The highest BCUT2D eigenvalue weighted by molar-refractivity contribution is 7.89. The van der Waals surface area contributed by atoms with Crippen LogP contribution in [0.2, 0.25) is 4.34 Å². The van der Waals surface area contributed by atoms with E-state index in [1.807, 2.05) is 12.1 Å². The van der Waals surface area contributed by atoms with Crippen molar-refractivity contribution in [2.45, 2.75) is 30.4 Å². The molecule has 1 amide bonds. The van der Waals surface area contributed by atoms with Gasteiger partial charge < -0.3 is 9.64 Å². The number of sulfonamides is 1. The highest BCUT2D eigenvalue weighted by Gasteiger charge is 2.25. The molecule has 1 aromatic heterocycles. The molecule has 2 aromatic rings. The summed E-state index contributed by atoms with van der Waals surface area (Å²) in [5, 5.41) is 0. The summed E-state index contributed by atoms with van der Waals surface area (Å²) in [7, 11) is -3.69. The second-order valence-corrected chi connectivity index (χ2v) is 11.4. The maximum Gasteiger partial charge on any atom is 0.253 e. The van der Waals surface area contributed by atoms with Crippen LogP contribution in [0.15, 0.2) is 41.3 Å². The standard InChI is InChI=1S/C21H26ClN3O4S2/c22-20-7-6-18(30-20)15-24-8-10-25(11-9-24)21(26)16-3-1-5-19(13-16)31(27,28)23-14-17-4-2-12-29-17/h1,3,5-7,13,17,23H,2,4,8-12,14-15H2. The van der Waals surface area contributed by atoms with Crippen molar-refractivity contribution in [3.63, 3.8) is 0 Å². The Morgan fingerprint density at radius 2 is 2.00 bits per heavy atom. The Morgan fingerprint density at radius 1 is 1.19 bits per heavy atom. The van der Waals surface area contributed by atoms with Crippen LogP contribution in [-0.4, -0.2) is 69.6 Å². The first kappa shape index (κ1) is 22.7. The lowest BCUT2D eigenvalue weighted by Gasteiger charge is -2.34. The predicted octanol–water partition coefficient (Wildman–Crippen LogP) is 2.82. The average Bonchev–Trinajstić information content (AvgIpc) is 3.44. The van der Waals surface area contributed by atoms with Crippen LogP contribution in [0.4, 0.5) is 0 Å². The van der Waals surface area contributed by atoms with Crippen molar-refractivity contribution >= 4 is 38.9 Å². The van der Waals surface area contributed by atoms with Gasteiger partial charge >= 0.3 is 0 Å². The van der Waals surface area contributed by atoms with E-state index in [0.717, 1.165) is 36.8 Å². The number of hydrogen-bond acceptors (Lipinski definition) is 6. The molecule has 2 saturated heterocycles. The van der Waals surface area contributed by atoms with Crippen LogP contribution >= 0.6 is 22.9 Å². The van der Waals surface area contributed by atoms with Crippen molar-refractivity contribution < 1.29 is 17.9 Å². The van der Waals surface area contributed by atoms with E-state index in [9.17, 15) is 13.2 Å². The Kier molecular flexibility index (Phi) is 7.30. The summed E-state index contributed by atoms with van der Waals surface area (Å²) >= 11 is 7.58. The number of carbonyl (C=O) groups is 1. The Labute approximate surface area is 192 Å². The lowest BCUT2D eigenvalue weighted by molar-refractivity contribution is 0.0629. The van der Waals surface area contributed by atoms with Gasteiger partial charge in [0.1, 0.15) is 0 Å². The first-order chi connectivity index (χ1) is 14.9. The number of nitrogens with zero attached hydrogens (tertiary/aromatic N) is 2. The van der Waals surface area contributed by atoms with Gasteiger partial charge in [-0.05, 0) is 43.2 Å². The fourth-order valence-electron chi connectivity index (χ4n) is 3.84. The zero-order chi connectivity index (χ0) is 21.8. The molecule has 2 aliphatic heterocycles. The number of piperazine rings is 1. The van der Waals surface area contributed by atoms with E-state index in [0.29, 0.717) is 25.3 Å². The van der Waals surface area contributed by atoms with Crippen LogP contribution in [-0.2, 0) is 21.3 Å². The van der Waals surface area contributed by atoms with E-state index in [4.69, 9.17) is 16.3 Å². The molecule has 7 nitrogen and oxygen atoms in total. The third kappa shape index (κ3) is 5.85. The normalized spacial score (nSPS) is 20.3. The van der Waals surface area contributed by atoms with Gasteiger partial charge in [-0.2, -0.15) is 0 Å². The van der Waals surface area contributed by atoms with Crippen molar-refractivity contribution in [2.75, 3.05) is 39.3 Å². The number of halogens is 1. The molecule has 2 aliphatic rings. The lowest BCUT2D eigenvalue weighted by atomic mass is 10.2. The first-order valence-electron chi connectivity index (χ1n) is 10.4. The Morgan fingerprint density at radius 3 is 2.68 bits per heavy atom. The van der Waals surface area contributed by atoms with Gasteiger partial charge in [0.05, 0.1) is 15.3 Å². The molecule has 0 radical (unpaired) electrons. The molecule has 1 N–H and O–H groups in total. The minimum absolute atomic E-state index is 0.0823. The van der Waals surface area contributed by atoms with Crippen molar-refractivity contribution in [2.24, 2.45) is 0 Å². The lowest BCUT2D eigenvalue weighted by Crippen LogP contribution is -2.48. The number of ether oxygens (including phenoxy) is 1. The number of carbonyl (C=O) groups excluding carboxylic acids is 1. The quantitative estimate of drug-likeness (QED) is 0.655. The van der Waals surface area contributed by atoms with Crippen LogP contribution in [0.25, 0.3) is 0 Å². The monoisotopic (exact) mass is 483 g/mol. The SMILES string of the molecule is O=C(c1cccc(S(=O)(=O)NCC2CCCO2)c1)N1CCN(Cc2ccc(Cl)s2)CC1. The number of hydrogen-bond donors (Lipinski definition) is 1. The van der Waals surface area contributed by atoms with Gasteiger partial charge in [0.15, 0.2) is 0 Å². The van der Waals surface area contributed by atoms with Gasteiger partial charge in [0, 0.05) is 56.3 Å². The van der Waals surface area contributed by atoms with Gasteiger partial charge in [-0.3, -0.25) is 9.69 Å². The molecule has 31 heavy (non-hydrogen) atoms. The molecule has 2 fully saturated rings. The molecular formula is C21H26ClN3O4S2. The van der Waals surface area contributed by atoms with Gasteiger partial charge in [-0.1, -0.05) is 17.7 Å². The van der Waals surface area contributed by atoms with Crippen molar-refractivity contribution in [3.8, 4) is 0 Å². The maximum absolute atomic E-state index is 13.0. The number of rotatable bonds is 7. The fraction of sp³-hybridized carbons (Fsp3) is 0.476. The van der Waals surface area contributed by atoms with Crippen LogP contribution < -0.4 is 4.72 Å². The zero-order valence-corrected chi connectivity index (χ0v) is 19.5. The van der Waals surface area contributed by atoms with Crippen LogP contribution in [0.3, 0.4) is 0 Å².